The van der Waals surface area contributed by atoms with Crippen molar-refractivity contribution in [1.29, 1.82) is 0 Å². The molecule has 0 radical (unpaired) electrons. The van der Waals surface area contributed by atoms with Gasteiger partial charge in [0.25, 0.3) is 0 Å². The fourth-order valence-corrected chi connectivity index (χ4v) is 3.61. The molecule has 2 N–H and O–H groups in total. The Labute approximate surface area is 135 Å². The first-order chi connectivity index (χ1) is 9.96. The molecule has 1 aromatic rings. The van der Waals surface area contributed by atoms with Crippen LogP contribution >= 0.6 is 0 Å². The molecule has 5 nitrogen and oxygen atoms in total. The Hall–Kier alpha value is -0.893. The third-order valence-electron chi connectivity index (χ3n) is 2.79. The monoisotopic (exact) mass is 344 g/mol. The van der Waals surface area contributed by atoms with Gasteiger partial charge < -0.3 is 9.74 Å². The first-order valence-corrected chi connectivity index (χ1v) is 12.8. The molecule has 1 aromatic carbocycles. The maximum atomic E-state index is 11.2. The quantitative estimate of drug-likeness (QED) is 0.712. The number of sulfonamides is 1. The van der Waals surface area contributed by atoms with Crippen LogP contribution in [0.5, 0.6) is 0 Å². The standard InChI is InChI=1S/C15H28N2O3SSi/c1-12(2)16-11-15(20-22(4,5)6)13-7-9-14(10-8-13)17-21(3,18)19/h7-10,12,15-17H,11H2,1-6H3. The van der Waals surface area contributed by atoms with E-state index in [1.54, 1.807) is 12.1 Å². The van der Waals surface area contributed by atoms with Gasteiger partial charge in [-0.2, -0.15) is 0 Å². The van der Waals surface area contributed by atoms with Crippen molar-refractivity contribution in [3.8, 4) is 0 Å². The Morgan fingerprint density at radius 1 is 1.14 bits per heavy atom. The summed E-state index contributed by atoms with van der Waals surface area (Å²) in [5.41, 5.74) is 1.62. The van der Waals surface area contributed by atoms with Crippen molar-refractivity contribution < 1.29 is 12.8 Å². The molecular weight excluding hydrogens is 316 g/mol. The lowest BCUT2D eigenvalue weighted by molar-refractivity contribution is 0.190. The Morgan fingerprint density at radius 3 is 2.09 bits per heavy atom. The smallest absolute Gasteiger partial charge is 0.229 e. The third-order valence-corrected chi connectivity index (χ3v) is 4.39. The molecule has 7 heteroatoms. The van der Waals surface area contributed by atoms with Gasteiger partial charge in [-0.1, -0.05) is 26.0 Å². The first kappa shape index (κ1) is 19.2. The van der Waals surface area contributed by atoms with Crippen molar-refractivity contribution in [2.24, 2.45) is 0 Å². The van der Waals surface area contributed by atoms with E-state index in [1.807, 2.05) is 12.1 Å². The summed E-state index contributed by atoms with van der Waals surface area (Å²) in [6, 6.07) is 7.76. The highest BCUT2D eigenvalue weighted by Crippen LogP contribution is 2.23. The SMILES string of the molecule is CC(C)NCC(O[Si](C)(C)C)c1ccc(NS(C)(=O)=O)cc1. The largest absolute Gasteiger partial charge is 0.409 e. The number of rotatable bonds is 8. The van der Waals surface area contributed by atoms with E-state index in [2.05, 4.69) is 43.5 Å². The molecule has 0 saturated carbocycles. The molecule has 22 heavy (non-hydrogen) atoms. The summed E-state index contributed by atoms with van der Waals surface area (Å²) in [6.45, 7) is 11.4. The zero-order valence-corrected chi connectivity index (χ0v) is 16.1. The minimum Gasteiger partial charge on any atom is -0.409 e. The van der Waals surface area contributed by atoms with E-state index in [4.69, 9.17) is 4.43 Å². The van der Waals surface area contributed by atoms with Crippen LogP contribution in [0.3, 0.4) is 0 Å². The van der Waals surface area contributed by atoms with Crippen molar-refractivity contribution >= 4 is 24.0 Å². The molecule has 0 aliphatic rings. The molecule has 126 valence electrons. The predicted octanol–water partition coefficient (Wildman–Crippen LogP) is 2.95. The third kappa shape index (κ3) is 7.93. The summed E-state index contributed by atoms with van der Waals surface area (Å²) in [5, 5.41) is 3.41. The van der Waals surface area contributed by atoms with E-state index >= 15 is 0 Å². The van der Waals surface area contributed by atoms with Crippen LogP contribution in [0.4, 0.5) is 5.69 Å². The summed E-state index contributed by atoms with van der Waals surface area (Å²) in [6.07, 6.45) is 1.12. The molecule has 0 fully saturated rings. The molecule has 0 bridgehead atoms. The van der Waals surface area contributed by atoms with Crippen LogP contribution in [-0.2, 0) is 14.4 Å². The summed E-state index contributed by atoms with van der Waals surface area (Å²) in [7, 11) is -4.93. The van der Waals surface area contributed by atoms with Gasteiger partial charge in [0.2, 0.25) is 10.0 Å². The maximum Gasteiger partial charge on any atom is 0.229 e. The van der Waals surface area contributed by atoms with Crippen LogP contribution in [-0.4, -0.2) is 35.6 Å². The van der Waals surface area contributed by atoms with Gasteiger partial charge >= 0.3 is 0 Å². The lowest BCUT2D eigenvalue weighted by Gasteiger charge is -2.28. The Bertz CT molecular complexity index is 565. The fraction of sp³-hybridized carbons (Fsp3) is 0.600. The highest BCUT2D eigenvalue weighted by Gasteiger charge is 2.22. The van der Waals surface area contributed by atoms with Crippen molar-refractivity contribution in [3.05, 3.63) is 29.8 Å². The van der Waals surface area contributed by atoms with Gasteiger partial charge in [0.1, 0.15) is 0 Å². The molecular formula is C15H28N2O3SSi. The molecule has 1 atom stereocenters. The van der Waals surface area contributed by atoms with Crippen LogP contribution < -0.4 is 10.0 Å². The zero-order chi connectivity index (χ0) is 17.0. The molecule has 0 amide bonds. The van der Waals surface area contributed by atoms with Gasteiger partial charge in [0, 0.05) is 18.3 Å². The lowest BCUT2D eigenvalue weighted by Crippen LogP contribution is -2.35. The van der Waals surface area contributed by atoms with Crippen LogP contribution in [0.25, 0.3) is 0 Å². The van der Waals surface area contributed by atoms with Crippen molar-refractivity contribution in [3.63, 3.8) is 0 Å². The Kier molecular flexibility index (Phi) is 6.60. The number of anilines is 1. The molecule has 0 heterocycles. The van der Waals surface area contributed by atoms with E-state index in [0.717, 1.165) is 18.4 Å². The van der Waals surface area contributed by atoms with Gasteiger partial charge in [-0.25, -0.2) is 8.42 Å². The van der Waals surface area contributed by atoms with Gasteiger partial charge in [-0.05, 0) is 37.3 Å². The van der Waals surface area contributed by atoms with Crippen molar-refractivity contribution in [1.82, 2.24) is 5.32 Å². The van der Waals surface area contributed by atoms with Crippen LogP contribution in [0.2, 0.25) is 19.6 Å². The molecule has 0 saturated heterocycles. The molecule has 1 unspecified atom stereocenters. The summed E-state index contributed by atoms with van der Waals surface area (Å²) >= 11 is 0. The highest BCUT2D eigenvalue weighted by molar-refractivity contribution is 7.92. The minimum atomic E-state index is -3.25. The van der Waals surface area contributed by atoms with Crippen molar-refractivity contribution in [2.45, 2.75) is 45.6 Å². The second kappa shape index (κ2) is 7.59. The summed E-state index contributed by atoms with van der Waals surface area (Å²) in [4.78, 5) is 0. The average Bonchev–Trinajstić information content (AvgIpc) is 2.32. The molecule has 1 rings (SSSR count). The van der Waals surface area contributed by atoms with E-state index in [1.165, 1.54) is 0 Å². The predicted molar refractivity (Wildman–Crippen MR) is 95.2 cm³/mol. The molecule has 0 aliphatic carbocycles. The van der Waals surface area contributed by atoms with Gasteiger partial charge in [-0.15, -0.1) is 0 Å². The van der Waals surface area contributed by atoms with E-state index < -0.39 is 18.3 Å². The summed E-state index contributed by atoms with van der Waals surface area (Å²) in [5.74, 6) is 0. The van der Waals surface area contributed by atoms with Crippen LogP contribution in [0.1, 0.15) is 25.5 Å². The highest BCUT2D eigenvalue weighted by atomic mass is 32.2. The topological polar surface area (TPSA) is 67.4 Å². The van der Waals surface area contributed by atoms with Crippen LogP contribution in [0.15, 0.2) is 24.3 Å². The Morgan fingerprint density at radius 2 is 1.68 bits per heavy atom. The number of hydrogen-bond acceptors (Lipinski definition) is 4. The molecule has 0 spiro atoms. The van der Waals surface area contributed by atoms with Crippen molar-refractivity contribution in [2.75, 3.05) is 17.5 Å². The lowest BCUT2D eigenvalue weighted by atomic mass is 10.1. The van der Waals surface area contributed by atoms with E-state index in [9.17, 15) is 8.42 Å². The number of hydrogen-bond donors (Lipinski definition) is 2. The fourth-order valence-electron chi connectivity index (χ4n) is 1.98. The average molecular weight is 345 g/mol. The number of nitrogens with one attached hydrogen (secondary N) is 2. The zero-order valence-electron chi connectivity index (χ0n) is 14.3. The molecule has 0 aliphatic heterocycles. The number of benzene rings is 1. The van der Waals surface area contributed by atoms with E-state index in [0.29, 0.717) is 11.7 Å². The summed E-state index contributed by atoms with van der Waals surface area (Å²) < 4.78 is 31.2. The molecule has 0 aromatic heterocycles. The van der Waals surface area contributed by atoms with Crippen LogP contribution in [0, 0.1) is 0 Å². The first-order valence-electron chi connectivity index (χ1n) is 7.45. The maximum absolute atomic E-state index is 11.2. The van der Waals surface area contributed by atoms with Gasteiger partial charge in [0.05, 0.1) is 12.4 Å². The second-order valence-electron chi connectivity index (χ2n) is 6.78. The normalized spacial score (nSPS) is 14.1. The minimum absolute atomic E-state index is 0.0265. The Balaban J connectivity index is 2.89. The second-order valence-corrected chi connectivity index (χ2v) is 13.0. The van der Waals surface area contributed by atoms with Gasteiger partial charge in [-0.3, -0.25) is 4.72 Å². The van der Waals surface area contributed by atoms with Gasteiger partial charge in [0.15, 0.2) is 8.32 Å². The van der Waals surface area contributed by atoms with E-state index in [-0.39, 0.29) is 6.10 Å².